The lowest BCUT2D eigenvalue weighted by atomic mass is 10.1. The summed E-state index contributed by atoms with van der Waals surface area (Å²) in [6.07, 6.45) is 0.373. The first-order valence-electron chi connectivity index (χ1n) is 7.60. The number of rotatable bonds is 5. The van der Waals surface area contributed by atoms with E-state index >= 15 is 0 Å². The van der Waals surface area contributed by atoms with Crippen molar-refractivity contribution in [1.82, 2.24) is 10.6 Å². The normalized spacial score (nSPS) is 17.8. The van der Waals surface area contributed by atoms with Crippen molar-refractivity contribution in [1.29, 1.82) is 0 Å². The van der Waals surface area contributed by atoms with Crippen molar-refractivity contribution in [3.8, 4) is 0 Å². The van der Waals surface area contributed by atoms with Gasteiger partial charge in [-0.2, -0.15) is 0 Å². The summed E-state index contributed by atoms with van der Waals surface area (Å²) >= 11 is 0. The number of benzene rings is 1. The highest BCUT2D eigenvalue weighted by Crippen LogP contribution is 2.17. The van der Waals surface area contributed by atoms with Gasteiger partial charge in [0, 0.05) is 36.8 Å². The van der Waals surface area contributed by atoms with Crippen LogP contribution in [0.15, 0.2) is 18.2 Å². The Labute approximate surface area is 130 Å². The SMILES string of the molecule is CCNC(=O)c1ccc(NC(=O)CC2COCCN2)c(C)c1. The fourth-order valence-corrected chi connectivity index (χ4v) is 2.38. The zero-order chi connectivity index (χ0) is 15.9. The third kappa shape index (κ3) is 4.54. The fraction of sp³-hybridized carbons (Fsp3) is 0.500. The van der Waals surface area contributed by atoms with Crippen molar-refractivity contribution in [3.05, 3.63) is 29.3 Å². The fourth-order valence-electron chi connectivity index (χ4n) is 2.38. The summed E-state index contributed by atoms with van der Waals surface area (Å²) in [4.78, 5) is 23.8. The molecule has 0 aliphatic carbocycles. The largest absolute Gasteiger partial charge is 0.378 e. The molecule has 0 radical (unpaired) electrons. The standard InChI is InChI=1S/C16H23N3O3/c1-3-17-16(21)12-4-5-14(11(2)8-12)19-15(20)9-13-10-22-7-6-18-13/h4-5,8,13,18H,3,6-7,9-10H2,1-2H3,(H,17,21)(H,19,20). The van der Waals surface area contributed by atoms with Crippen LogP contribution in [0.3, 0.4) is 0 Å². The molecule has 6 nitrogen and oxygen atoms in total. The maximum Gasteiger partial charge on any atom is 0.251 e. The zero-order valence-corrected chi connectivity index (χ0v) is 13.1. The maximum atomic E-state index is 12.1. The van der Waals surface area contributed by atoms with Gasteiger partial charge in [0.2, 0.25) is 5.91 Å². The van der Waals surface area contributed by atoms with Gasteiger partial charge in [0.15, 0.2) is 0 Å². The number of hydrogen-bond acceptors (Lipinski definition) is 4. The molecule has 6 heteroatoms. The molecule has 1 aromatic rings. The van der Waals surface area contributed by atoms with Crippen molar-refractivity contribution in [3.63, 3.8) is 0 Å². The molecule has 1 saturated heterocycles. The van der Waals surface area contributed by atoms with E-state index in [1.807, 2.05) is 13.8 Å². The van der Waals surface area contributed by atoms with Gasteiger partial charge in [-0.1, -0.05) is 0 Å². The van der Waals surface area contributed by atoms with Crippen LogP contribution in [0.5, 0.6) is 0 Å². The predicted molar refractivity (Wildman–Crippen MR) is 85.0 cm³/mol. The number of ether oxygens (including phenoxy) is 1. The summed E-state index contributed by atoms with van der Waals surface area (Å²) in [6.45, 7) is 6.37. The molecule has 22 heavy (non-hydrogen) atoms. The Bertz CT molecular complexity index is 539. The van der Waals surface area contributed by atoms with Crippen LogP contribution >= 0.6 is 0 Å². The topological polar surface area (TPSA) is 79.5 Å². The first-order valence-corrected chi connectivity index (χ1v) is 7.60. The molecule has 1 aromatic carbocycles. The number of carbonyl (C=O) groups excluding carboxylic acids is 2. The number of aryl methyl sites for hydroxylation is 1. The Morgan fingerprint density at radius 2 is 2.23 bits per heavy atom. The zero-order valence-electron chi connectivity index (χ0n) is 13.1. The van der Waals surface area contributed by atoms with Gasteiger partial charge in [0.25, 0.3) is 5.91 Å². The molecule has 0 bridgehead atoms. The minimum atomic E-state index is -0.105. The van der Waals surface area contributed by atoms with Crippen LogP contribution < -0.4 is 16.0 Å². The lowest BCUT2D eigenvalue weighted by molar-refractivity contribution is -0.117. The van der Waals surface area contributed by atoms with E-state index < -0.39 is 0 Å². The molecule has 1 atom stereocenters. The lowest BCUT2D eigenvalue weighted by Gasteiger charge is -2.23. The Kier molecular flexibility index (Phi) is 5.91. The Morgan fingerprint density at radius 1 is 1.41 bits per heavy atom. The molecule has 1 fully saturated rings. The van der Waals surface area contributed by atoms with E-state index in [-0.39, 0.29) is 17.9 Å². The average Bonchev–Trinajstić information content (AvgIpc) is 2.50. The van der Waals surface area contributed by atoms with Crippen LogP contribution in [0.1, 0.15) is 29.3 Å². The molecule has 0 aromatic heterocycles. The summed E-state index contributed by atoms with van der Waals surface area (Å²) < 4.78 is 5.34. The molecule has 1 heterocycles. The molecule has 0 spiro atoms. The number of anilines is 1. The monoisotopic (exact) mass is 305 g/mol. The van der Waals surface area contributed by atoms with Gasteiger partial charge in [0.1, 0.15) is 0 Å². The van der Waals surface area contributed by atoms with E-state index in [1.165, 1.54) is 0 Å². The van der Waals surface area contributed by atoms with Crippen molar-refractivity contribution in [2.75, 3.05) is 31.6 Å². The number of amides is 2. The number of morpholine rings is 1. The van der Waals surface area contributed by atoms with E-state index in [0.717, 1.165) is 17.8 Å². The van der Waals surface area contributed by atoms with E-state index in [0.29, 0.717) is 31.7 Å². The van der Waals surface area contributed by atoms with Gasteiger partial charge in [-0.25, -0.2) is 0 Å². The van der Waals surface area contributed by atoms with Crippen molar-refractivity contribution in [2.24, 2.45) is 0 Å². The third-order valence-electron chi connectivity index (χ3n) is 3.53. The van der Waals surface area contributed by atoms with E-state index in [2.05, 4.69) is 16.0 Å². The predicted octanol–water partition coefficient (Wildman–Crippen LogP) is 1.06. The third-order valence-corrected chi connectivity index (χ3v) is 3.53. The summed E-state index contributed by atoms with van der Waals surface area (Å²) in [5, 5.41) is 8.89. The van der Waals surface area contributed by atoms with E-state index in [4.69, 9.17) is 4.74 Å². The summed E-state index contributed by atoms with van der Waals surface area (Å²) in [5.74, 6) is -0.163. The van der Waals surface area contributed by atoms with Crippen LogP contribution in [0.25, 0.3) is 0 Å². The molecule has 0 saturated carbocycles. The molecular weight excluding hydrogens is 282 g/mol. The van der Waals surface area contributed by atoms with Crippen LogP contribution in [0.4, 0.5) is 5.69 Å². The van der Waals surface area contributed by atoms with Crippen LogP contribution in [-0.2, 0) is 9.53 Å². The number of nitrogens with one attached hydrogen (secondary N) is 3. The smallest absolute Gasteiger partial charge is 0.251 e. The second-order valence-corrected chi connectivity index (χ2v) is 5.37. The lowest BCUT2D eigenvalue weighted by Crippen LogP contribution is -2.43. The van der Waals surface area contributed by atoms with E-state index in [9.17, 15) is 9.59 Å². The van der Waals surface area contributed by atoms with Gasteiger partial charge in [-0.15, -0.1) is 0 Å². The number of hydrogen-bond donors (Lipinski definition) is 3. The quantitative estimate of drug-likeness (QED) is 0.760. The maximum absolute atomic E-state index is 12.1. The highest BCUT2D eigenvalue weighted by Gasteiger charge is 2.17. The van der Waals surface area contributed by atoms with Crippen molar-refractivity contribution in [2.45, 2.75) is 26.3 Å². The van der Waals surface area contributed by atoms with Gasteiger partial charge >= 0.3 is 0 Å². The molecule has 3 N–H and O–H groups in total. The first kappa shape index (κ1) is 16.5. The molecule has 1 aliphatic heterocycles. The highest BCUT2D eigenvalue weighted by atomic mass is 16.5. The second kappa shape index (κ2) is 7.91. The Hall–Kier alpha value is -1.92. The Balaban J connectivity index is 1.94. The summed E-state index contributed by atoms with van der Waals surface area (Å²) in [7, 11) is 0. The average molecular weight is 305 g/mol. The first-order chi connectivity index (χ1) is 10.6. The molecule has 120 valence electrons. The Morgan fingerprint density at radius 3 is 2.86 bits per heavy atom. The van der Waals surface area contributed by atoms with Crippen LogP contribution in [0, 0.1) is 6.92 Å². The van der Waals surface area contributed by atoms with Gasteiger partial charge < -0.3 is 20.7 Å². The minimum Gasteiger partial charge on any atom is -0.378 e. The van der Waals surface area contributed by atoms with Crippen molar-refractivity contribution < 1.29 is 14.3 Å². The van der Waals surface area contributed by atoms with Gasteiger partial charge in [-0.3, -0.25) is 9.59 Å². The van der Waals surface area contributed by atoms with Crippen molar-refractivity contribution >= 4 is 17.5 Å². The van der Waals surface area contributed by atoms with E-state index in [1.54, 1.807) is 18.2 Å². The number of carbonyl (C=O) groups is 2. The molecule has 1 unspecified atom stereocenters. The van der Waals surface area contributed by atoms with Crippen LogP contribution in [0.2, 0.25) is 0 Å². The highest BCUT2D eigenvalue weighted by molar-refractivity contribution is 5.96. The van der Waals surface area contributed by atoms with Crippen LogP contribution in [-0.4, -0.2) is 44.2 Å². The van der Waals surface area contributed by atoms with Gasteiger partial charge in [0.05, 0.1) is 13.2 Å². The second-order valence-electron chi connectivity index (χ2n) is 5.37. The minimum absolute atomic E-state index is 0.0585. The molecular formula is C16H23N3O3. The summed E-state index contributed by atoms with van der Waals surface area (Å²) in [6, 6.07) is 5.32. The molecule has 2 rings (SSSR count). The molecule has 2 amide bonds. The summed E-state index contributed by atoms with van der Waals surface area (Å²) in [5.41, 5.74) is 2.19. The molecule has 1 aliphatic rings. The van der Waals surface area contributed by atoms with Gasteiger partial charge in [-0.05, 0) is 37.6 Å².